The van der Waals surface area contributed by atoms with Gasteiger partial charge in [0.05, 0.1) is 5.92 Å². The van der Waals surface area contributed by atoms with Gasteiger partial charge in [-0.1, -0.05) is 20.8 Å². The summed E-state index contributed by atoms with van der Waals surface area (Å²) < 4.78 is 9.03. The predicted molar refractivity (Wildman–Crippen MR) is 91.0 cm³/mol. The number of rotatable bonds is 7. The van der Waals surface area contributed by atoms with Crippen molar-refractivity contribution in [3.05, 3.63) is 12.2 Å². The molecule has 1 saturated heterocycles. The van der Waals surface area contributed by atoms with E-state index in [-0.39, 0.29) is 48.4 Å². The zero-order valence-corrected chi connectivity index (χ0v) is 15.0. The Morgan fingerprint density at radius 1 is 1.08 bits per heavy atom. The third-order valence-electron chi connectivity index (χ3n) is 3.93. The molecule has 4 amide bonds. The van der Waals surface area contributed by atoms with Crippen molar-refractivity contribution in [1.82, 2.24) is 9.80 Å². The molecule has 2 aliphatic rings. The van der Waals surface area contributed by atoms with Crippen LogP contribution in [0.3, 0.4) is 0 Å². The minimum absolute atomic E-state index is 0.126. The lowest BCUT2D eigenvalue weighted by Crippen LogP contribution is -2.34. The first-order valence-electron chi connectivity index (χ1n) is 8.13. The molecule has 0 aliphatic carbocycles. The molecule has 2 heterocycles. The highest BCUT2D eigenvalue weighted by Gasteiger charge is 2.41. The second-order valence-corrected chi connectivity index (χ2v) is 6.33. The first kappa shape index (κ1) is 20.4. The van der Waals surface area contributed by atoms with Gasteiger partial charge in [0.25, 0.3) is 11.8 Å². The van der Waals surface area contributed by atoms with Crippen molar-refractivity contribution in [3.63, 3.8) is 0 Å². The van der Waals surface area contributed by atoms with Crippen LogP contribution in [0.2, 0.25) is 0 Å². The Labute approximate surface area is 146 Å². The van der Waals surface area contributed by atoms with Crippen LogP contribution in [0.5, 0.6) is 0 Å². The summed E-state index contributed by atoms with van der Waals surface area (Å²) in [5.41, 5.74) is 0. The summed E-state index contributed by atoms with van der Waals surface area (Å²) in [7, 11) is 0. The van der Waals surface area contributed by atoms with Crippen LogP contribution >= 0.6 is 12.0 Å². The quantitative estimate of drug-likeness (QED) is 0.424. The van der Waals surface area contributed by atoms with Crippen LogP contribution in [-0.4, -0.2) is 56.3 Å². The van der Waals surface area contributed by atoms with Crippen LogP contribution < -0.4 is 0 Å². The van der Waals surface area contributed by atoms with Gasteiger partial charge in [-0.2, -0.15) is 0 Å². The van der Waals surface area contributed by atoms with E-state index in [1.807, 2.05) is 13.8 Å². The minimum atomic E-state index is -0.478. The highest BCUT2D eigenvalue weighted by molar-refractivity contribution is 7.94. The van der Waals surface area contributed by atoms with Gasteiger partial charge in [0.15, 0.2) is 0 Å². The fraction of sp³-hybridized carbons (Fsp3) is 0.625. The predicted octanol–water partition coefficient (Wildman–Crippen LogP) is 1.69. The molecule has 1 N–H and O–H groups in total. The molecule has 0 aromatic rings. The van der Waals surface area contributed by atoms with Crippen molar-refractivity contribution >= 4 is 35.7 Å². The maximum Gasteiger partial charge on any atom is 0.253 e. The molecule has 2 atom stereocenters. The summed E-state index contributed by atoms with van der Waals surface area (Å²) in [5, 5.41) is -0.313. The van der Waals surface area contributed by atoms with Gasteiger partial charge >= 0.3 is 0 Å². The molecule has 1 fully saturated rings. The Hall–Kier alpha value is -1.67. The second-order valence-electron chi connectivity index (χ2n) is 5.37. The summed E-state index contributed by atoms with van der Waals surface area (Å²) in [4.78, 5) is 49.1. The maximum absolute atomic E-state index is 12.1. The Morgan fingerprint density at radius 3 is 2.08 bits per heavy atom. The zero-order chi connectivity index (χ0) is 18.3. The molecule has 7 nitrogen and oxygen atoms in total. The topological polar surface area (TPSA) is 95.0 Å². The molecule has 24 heavy (non-hydrogen) atoms. The van der Waals surface area contributed by atoms with Gasteiger partial charge in [-0.3, -0.25) is 29.0 Å². The molecule has 0 aromatic heterocycles. The summed E-state index contributed by atoms with van der Waals surface area (Å²) in [6.07, 6.45) is 3.65. The normalized spacial score (nSPS) is 21.4. The number of hydrogen-bond donors (Lipinski definition) is 1. The molecule has 0 bridgehead atoms. The van der Waals surface area contributed by atoms with Gasteiger partial charge in [0.2, 0.25) is 11.8 Å². The van der Waals surface area contributed by atoms with Gasteiger partial charge in [0, 0.05) is 36.9 Å². The molecule has 2 rings (SSSR count). The van der Waals surface area contributed by atoms with E-state index >= 15 is 0 Å². The molecule has 0 radical (unpaired) electrons. The molecular weight excluding hydrogens is 332 g/mol. The van der Waals surface area contributed by atoms with Crippen LogP contribution in [-0.2, 0) is 19.2 Å². The van der Waals surface area contributed by atoms with E-state index in [9.17, 15) is 19.2 Å². The Kier molecular flexibility index (Phi) is 8.14. The standard InChI is InChI=1S/C14H18N2O5S.C2H6/c1-9(22-21)10-8-13(19)16(14(10)20)7-3-2-6-15-11(17)4-5-12(15)18;1-2/h4-5,9-10,21H,2-3,6-8H2,1H3;1-2H3. The zero-order valence-electron chi connectivity index (χ0n) is 14.2. The molecule has 134 valence electrons. The Balaban J connectivity index is 0.00000139. The largest absolute Gasteiger partial charge is 0.330 e. The average Bonchev–Trinajstić information content (AvgIpc) is 3.05. The third-order valence-corrected chi connectivity index (χ3v) is 4.59. The van der Waals surface area contributed by atoms with Crippen molar-refractivity contribution in [1.29, 1.82) is 0 Å². The monoisotopic (exact) mass is 356 g/mol. The minimum Gasteiger partial charge on any atom is -0.330 e. The molecule has 2 aliphatic heterocycles. The molecule has 0 saturated carbocycles. The lowest BCUT2D eigenvalue weighted by molar-refractivity contribution is -0.140. The van der Waals surface area contributed by atoms with Gasteiger partial charge in [-0.25, -0.2) is 0 Å². The van der Waals surface area contributed by atoms with Crippen LogP contribution in [0.25, 0.3) is 0 Å². The van der Waals surface area contributed by atoms with Gasteiger partial charge < -0.3 is 4.55 Å². The maximum atomic E-state index is 12.1. The number of likely N-dealkylation sites (tertiary alicyclic amines) is 1. The highest BCUT2D eigenvalue weighted by atomic mass is 32.2. The van der Waals surface area contributed by atoms with Crippen LogP contribution in [0.15, 0.2) is 12.2 Å². The number of carbonyl (C=O) groups excluding carboxylic acids is 4. The lowest BCUT2D eigenvalue weighted by Gasteiger charge is -2.18. The number of imide groups is 2. The molecular formula is C16H24N2O5S. The van der Waals surface area contributed by atoms with Crippen LogP contribution in [0.4, 0.5) is 0 Å². The van der Waals surface area contributed by atoms with E-state index in [1.54, 1.807) is 6.92 Å². The summed E-state index contributed by atoms with van der Waals surface area (Å²) >= 11 is 0.587. The van der Waals surface area contributed by atoms with Crippen molar-refractivity contribution in [2.75, 3.05) is 13.1 Å². The van der Waals surface area contributed by atoms with E-state index in [0.29, 0.717) is 24.9 Å². The number of amides is 4. The van der Waals surface area contributed by atoms with Crippen molar-refractivity contribution in [2.45, 2.75) is 45.3 Å². The smallest absolute Gasteiger partial charge is 0.253 e. The fourth-order valence-corrected chi connectivity index (χ4v) is 2.93. The SMILES string of the molecule is CC.CC(SO)C1CC(=O)N(CCCCN2C(=O)C=CC2=O)C1=O. The first-order valence-corrected chi connectivity index (χ1v) is 8.97. The number of unbranched alkanes of at least 4 members (excludes halogenated alkanes) is 1. The van der Waals surface area contributed by atoms with E-state index in [4.69, 9.17) is 4.55 Å². The summed E-state index contributed by atoms with van der Waals surface area (Å²) in [6, 6.07) is 0. The van der Waals surface area contributed by atoms with E-state index in [0.717, 1.165) is 4.90 Å². The van der Waals surface area contributed by atoms with Gasteiger partial charge in [-0.05, 0) is 24.9 Å². The third kappa shape index (κ3) is 4.67. The Bertz CT molecular complexity index is 517. The summed E-state index contributed by atoms with van der Waals surface area (Å²) in [6.45, 7) is 6.27. The van der Waals surface area contributed by atoms with E-state index in [1.165, 1.54) is 17.1 Å². The van der Waals surface area contributed by atoms with Crippen LogP contribution in [0, 0.1) is 5.92 Å². The summed E-state index contributed by atoms with van der Waals surface area (Å²) in [5.74, 6) is -1.62. The second kappa shape index (κ2) is 9.58. The Morgan fingerprint density at radius 2 is 1.58 bits per heavy atom. The number of carbonyl (C=O) groups is 4. The van der Waals surface area contributed by atoms with Crippen molar-refractivity contribution < 1.29 is 23.7 Å². The number of hydrogen-bond acceptors (Lipinski definition) is 6. The molecule has 8 heteroatoms. The fourth-order valence-electron chi connectivity index (χ4n) is 2.58. The van der Waals surface area contributed by atoms with E-state index < -0.39 is 5.92 Å². The number of nitrogens with zero attached hydrogens (tertiary/aromatic N) is 2. The molecule has 2 unspecified atom stereocenters. The lowest BCUT2D eigenvalue weighted by atomic mass is 10.1. The highest BCUT2D eigenvalue weighted by Crippen LogP contribution is 2.28. The van der Waals surface area contributed by atoms with Gasteiger partial charge in [0.1, 0.15) is 0 Å². The van der Waals surface area contributed by atoms with Crippen LogP contribution in [0.1, 0.15) is 40.0 Å². The first-order chi connectivity index (χ1) is 11.5. The van der Waals surface area contributed by atoms with Crippen molar-refractivity contribution in [3.8, 4) is 0 Å². The van der Waals surface area contributed by atoms with Gasteiger partial charge in [-0.15, -0.1) is 0 Å². The van der Waals surface area contributed by atoms with E-state index in [2.05, 4.69) is 0 Å². The average molecular weight is 356 g/mol. The van der Waals surface area contributed by atoms with Crippen molar-refractivity contribution in [2.24, 2.45) is 5.92 Å². The molecule has 0 aromatic carbocycles. The molecule has 0 spiro atoms.